The van der Waals surface area contributed by atoms with Crippen LogP contribution in [0, 0.1) is 0 Å². The van der Waals surface area contributed by atoms with E-state index in [0.29, 0.717) is 5.69 Å². The minimum Gasteiger partial charge on any atom is -0.478 e. The molecule has 2 rings (SSSR count). The molecule has 2 heterocycles. The summed E-state index contributed by atoms with van der Waals surface area (Å²) < 4.78 is 1.54. The Balaban J connectivity index is 2.62. The first kappa shape index (κ1) is 9.39. The number of aryl methyl sites for hydroxylation is 1. The lowest BCUT2D eigenvalue weighted by Crippen LogP contribution is -2.00. The van der Waals surface area contributed by atoms with Gasteiger partial charge in [0.15, 0.2) is 0 Å². The zero-order valence-electron chi connectivity index (χ0n) is 8.08. The summed E-state index contributed by atoms with van der Waals surface area (Å²) in [5, 5.41) is 12.9. The van der Waals surface area contributed by atoms with Gasteiger partial charge in [-0.05, 0) is 12.1 Å². The smallest absolute Gasteiger partial charge is 0.339 e. The van der Waals surface area contributed by atoms with Crippen molar-refractivity contribution in [2.24, 2.45) is 7.05 Å². The molecule has 76 valence electrons. The van der Waals surface area contributed by atoms with Crippen LogP contribution in [0.25, 0.3) is 11.3 Å². The lowest BCUT2D eigenvalue weighted by atomic mass is 10.1. The predicted molar refractivity (Wildman–Crippen MR) is 53.4 cm³/mol. The molecule has 0 radical (unpaired) electrons. The summed E-state index contributed by atoms with van der Waals surface area (Å²) in [6.07, 6.45) is 4.58. The van der Waals surface area contributed by atoms with Gasteiger partial charge >= 0.3 is 5.97 Å². The highest BCUT2D eigenvalue weighted by Crippen LogP contribution is 2.21. The Labute approximate surface area is 86.0 Å². The number of carbonyl (C=O) groups is 1. The van der Waals surface area contributed by atoms with Crippen molar-refractivity contribution in [2.75, 3.05) is 0 Å². The third kappa shape index (κ3) is 1.59. The Morgan fingerprint density at radius 2 is 2.07 bits per heavy atom. The average molecular weight is 203 g/mol. The van der Waals surface area contributed by atoms with Crippen LogP contribution in [-0.4, -0.2) is 25.8 Å². The van der Waals surface area contributed by atoms with Gasteiger partial charge < -0.3 is 5.11 Å². The van der Waals surface area contributed by atoms with Gasteiger partial charge in [-0.2, -0.15) is 5.10 Å². The molecule has 0 aliphatic carbocycles. The van der Waals surface area contributed by atoms with Crippen LogP contribution in [0.1, 0.15) is 10.4 Å². The number of nitrogens with zero attached hydrogens (tertiary/aromatic N) is 3. The van der Waals surface area contributed by atoms with Crippen LogP contribution in [-0.2, 0) is 7.05 Å². The predicted octanol–water partition coefficient (Wildman–Crippen LogP) is 1.18. The van der Waals surface area contributed by atoms with Crippen LogP contribution in [0.3, 0.4) is 0 Å². The summed E-state index contributed by atoms with van der Waals surface area (Å²) >= 11 is 0. The molecular formula is C10H9N3O2. The molecule has 2 aromatic rings. The fourth-order valence-electron chi connectivity index (χ4n) is 1.45. The van der Waals surface area contributed by atoms with Crippen molar-refractivity contribution in [2.45, 2.75) is 0 Å². The van der Waals surface area contributed by atoms with Crippen molar-refractivity contribution in [1.29, 1.82) is 0 Å². The molecule has 0 atom stereocenters. The number of rotatable bonds is 2. The Morgan fingerprint density at radius 1 is 1.40 bits per heavy atom. The minimum absolute atomic E-state index is 0.198. The van der Waals surface area contributed by atoms with Crippen molar-refractivity contribution in [3.8, 4) is 11.3 Å². The van der Waals surface area contributed by atoms with E-state index in [4.69, 9.17) is 5.11 Å². The van der Waals surface area contributed by atoms with Gasteiger partial charge in [0.05, 0.1) is 11.9 Å². The van der Waals surface area contributed by atoms with Crippen molar-refractivity contribution in [3.63, 3.8) is 0 Å². The van der Waals surface area contributed by atoms with Crippen LogP contribution in [0.15, 0.2) is 30.7 Å². The number of carboxylic acid groups (broad SMARTS) is 1. The van der Waals surface area contributed by atoms with Gasteiger partial charge in [0.25, 0.3) is 0 Å². The largest absolute Gasteiger partial charge is 0.478 e. The number of carboxylic acids is 1. The first-order chi connectivity index (χ1) is 7.20. The third-order valence-corrected chi connectivity index (χ3v) is 2.12. The zero-order chi connectivity index (χ0) is 10.8. The van der Waals surface area contributed by atoms with Crippen molar-refractivity contribution in [1.82, 2.24) is 14.8 Å². The fraction of sp³-hybridized carbons (Fsp3) is 0.100. The van der Waals surface area contributed by atoms with E-state index in [9.17, 15) is 4.79 Å². The Kier molecular flexibility index (Phi) is 2.21. The van der Waals surface area contributed by atoms with E-state index in [0.717, 1.165) is 5.56 Å². The monoisotopic (exact) mass is 203 g/mol. The first-order valence-corrected chi connectivity index (χ1v) is 4.36. The maximum Gasteiger partial charge on any atom is 0.339 e. The second kappa shape index (κ2) is 3.53. The standard InChI is InChI=1S/C10H9N3O2/c1-13-9(7-2-4-11-5-3-7)8(6-12-13)10(14)15/h2-6H,1H3,(H,14,15). The molecule has 2 aromatic heterocycles. The van der Waals surface area contributed by atoms with E-state index < -0.39 is 5.97 Å². The molecule has 0 aromatic carbocycles. The first-order valence-electron chi connectivity index (χ1n) is 4.36. The second-order valence-electron chi connectivity index (χ2n) is 3.07. The Morgan fingerprint density at radius 3 is 2.67 bits per heavy atom. The Hall–Kier alpha value is -2.17. The quantitative estimate of drug-likeness (QED) is 0.795. The highest BCUT2D eigenvalue weighted by molar-refractivity contribution is 5.94. The zero-order valence-corrected chi connectivity index (χ0v) is 8.08. The number of aromatic carboxylic acids is 1. The summed E-state index contributed by atoms with van der Waals surface area (Å²) in [4.78, 5) is 14.8. The molecule has 0 saturated heterocycles. The molecule has 0 aliphatic rings. The molecule has 1 N–H and O–H groups in total. The fourth-order valence-corrected chi connectivity index (χ4v) is 1.45. The van der Waals surface area contributed by atoms with Crippen LogP contribution in [0.4, 0.5) is 0 Å². The average Bonchev–Trinajstić information content (AvgIpc) is 2.61. The molecule has 0 unspecified atom stereocenters. The van der Waals surface area contributed by atoms with Gasteiger partial charge in [0.2, 0.25) is 0 Å². The molecule has 15 heavy (non-hydrogen) atoms. The number of aromatic nitrogens is 3. The molecule has 5 heteroatoms. The number of hydrogen-bond donors (Lipinski definition) is 1. The maximum atomic E-state index is 10.9. The van der Waals surface area contributed by atoms with Crippen LogP contribution in [0.2, 0.25) is 0 Å². The molecule has 5 nitrogen and oxygen atoms in total. The molecule has 0 saturated carbocycles. The lowest BCUT2D eigenvalue weighted by Gasteiger charge is -2.02. The van der Waals surface area contributed by atoms with E-state index >= 15 is 0 Å². The van der Waals surface area contributed by atoms with E-state index in [-0.39, 0.29) is 5.56 Å². The molecule has 0 spiro atoms. The number of hydrogen-bond acceptors (Lipinski definition) is 3. The number of pyridine rings is 1. The van der Waals surface area contributed by atoms with Gasteiger partial charge in [0, 0.05) is 25.0 Å². The second-order valence-corrected chi connectivity index (χ2v) is 3.07. The summed E-state index contributed by atoms with van der Waals surface area (Å²) in [5.74, 6) is -0.977. The summed E-state index contributed by atoms with van der Waals surface area (Å²) in [6.45, 7) is 0. The topological polar surface area (TPSA) is 68.0 Å². The van der Waals surface area contributed by atoms with Crippen LogP contribution in [0.5, 0.6) is 0 Å². The minimum atomic E-state index is -0.977. The molecule has 0 aliphatic heterocycles. The molecule has 0 fully saturated rings. The van der Waals surface area contributed by atoms with Crippen LogP contribution >= 0.6 is 0 Å². The van der Waals surface area contributed by atoms with Gasteiger partial charge in [0.1, 0.15) is 5.56 Å². The molecule has 0 bridgehead atoms. The SMILES string of the molecule is Cn1ncc(C(=O)O)c1-c1ccncc1. The highest BCUT2D eigenvalue weighted by Gasteiger charge is 2.15. The third-order valence-electron chi connectivity index (χ3n) is 2.12. The van der Waals surface area contributed by atoms with Crippen LogP contribution < -0.4 is 0 Å². The Bertz CT molecular complexity index is 491. The molecule has 0 amide bonds. The van der Waals surface area contributed by atoms with Crippen molar-refractivity contribution >= 4 is 5.97 Å². The van der Waals surface area contributed by atoms with Gasteiger partial charge in [-0.25, -0.2) is 4.79 Å². The van der Waals surface area contributed by atoms with E-state index in [1.807, 2.05) is 0 Å². The summed E-state index contributed by atoms with van der Waals surface area (Å²) in [7, 11) is 1.71. The van der Waals surface area contributed by atoms with Gasteiger partial charge in [-0.1, -0.05) is 0 Å². The lowest BCUT2D eigenvalue weighted by molar-refractivity contribution is 0.0697. The van der Waals surface area contributed by atoms with Crippen molar-refractivity contribution < 1.29 is 9.90 Å². The maximum absolute atomic E-state index is 10.9. The van der Waals surface area contributed by atoms with Gasteiger partial charge in [-0.15, -0.1) is 0 Å². The summed E-state index contributed by atoms with van der Waals surface area (Å²) in [5.41, 5.74) is 1.58. The van der Waals surface area contributed by atoms with E-state index in [1.54, 1.807) is 36.3 Å². The highest BCUT2D eigenvalue weighted by atomic mass is 16.4. The normalized spacial score (nSPS) is 10.2. The van der Waals surface area contributed by atoms with E-state index in [2.05, 4.69) is 10.1 Å². The summed E-state index contributed by atoms with van der Waals surface area (Å²) in [6, 6.07) is 3.51. The van der Waals surface area contributed by atoms with E-state index in [1.165, 1.54) is 6.20 Å². The van der Waals surface area contributed by atoms with Gasteiger partial charge in [-0.3, -0.25) is 9.67 Å². The molecular weight excluding hydrogens is 194 g/mol. The van der Waals surface area contributed by atoms with Crippen molar-refractivity contribution in [3.05, 3.63) is 36.3 Å².